The van der Waals surface area contributed by atoms with Crippen molar-refractivity contribution in [1.82, 2.24) is 0 Å². The molecule has 2 aromatic rings. The summed E-state index contributed by atoms with van der Waals surface area (Å²) in [5.74, 6) is 0.187. The summed E-state index contributed by atoms with van der Waals surface area (Å²) >= 11 is 0. The topological polar surface area (TPSA) is 44.5 Å². The van der Waals surface area contributed by atoms with Gasteiger partial charge in [0.2, 0.25) is 0 Å². The Morgan fingerprint density at radius 1 is 1.10 bits per heavy atom. The highest BCUT2D eigenvalue weighted by Crippen LogP contribution is 2.17. The lowest BCUT2D eigenvalue weighted by Crippen LogP contribution is -2.03. The summed E-state index contributed by atoms with van der Waals surface area (Å²) in [6, 6.07) is 12.4. The van der Waals surface area contributed by atoms with E-state index in [0.29, 0.717) is 24.3 Å². The molecular weight excluding hydrogens is 257 g/mol. The van der Waals surface area contributed by atoms with Crippen LogP contribution in [0.5, 0.6) is 5.75 Å². The molecule has 0 aliphatic rings. The number of benzene rings is 2. The molecule has 0 saturated heterocycles. The maximum absolute atomic E-state index is 13.7. The van der Waals surface area contributed by atoms with Crippen LogP contribution in [0.2, 0.25) is 0 Å². The largest absolute Gasteiger partial charge is 0.497 e. The van der Waals surface area contributed by atoms with Crippen LogP contribution in [0.4, 0.5) is 10.1 Å². The fraction of sp³-hybridized carbons (Fsp3) is 0.250. The average molecular weight is 275 g/mol. The van der Waals surface area contributed by atoms with Crippen molar-refractivity contribution in [2.24, 2.45) is 0 Å². The zero-order valence-electron chi connectivity index (χ0n) is 11.4. The van der Waals surface area contributed by atoms with Crippen LogP contribution < -0.4 is 10.5 Å². The highest BCUT2D eigenvalue weighted by atomic mass is 19.1. The fourth-order valence-electron chi connectivity index (χ4n) is 1.90. The van der Waals surface area contributed by atoms with E-state index in [1.54, 1.807) is 12.1 Å². The normalized spacial score (nSPS) is 10.5. The van der Waals surface area contributed by atoms with Gasteiger partial charge in [0.1, 0.15) is 11.6 Å². The average Bonchev–Trinajstić information content (AvgIpc) is 2.46. The summed E-state index contributed by atoms with van der Waals surface area (Å²) in [6.45, 7) is 0.738. The molecule has 3 nitrogen and oxygen atoms in total. The maximum atomic E-state index is 13.7. The number of para-hydroxylation sites is 1. The van der Waals surface area contributed by atoms with Gasteiger partial charge in [-0.05, 0) is 24.1 Å². The molecule has 2 aromatic carbocycles. The molecule has 0 atom stereocenters. The number of hydrogen-bond acceptors (Lipinski definition) is 3. The summed E-state index contributed by atoms with van der Waals surface area (Å²) in [7, 11) is 1.51. The number of methoxy groups -OCH3 is 1. The number of halogens is 1. The smallest absolute Gasteiger partial charge is 0.132 e. The predicted molar refractivity (Wildman–Crippen MR) is 77.2 cm³/mol. The van der Waals surface area contributed by atoms with E-state index in [-0.39, 0.29) is 12.4 Å². The first kappa shape index (κ1) is 14.3. The minimum Gasteiger partial charge on any atom is -0.497 e. The molecule has 0 bridgehead atoms. The van der Waals surface area contributed by atoms with Crippen LogP contribution in [-0.4, -0.2) is 13.7 Å². The minimum absolute atomic E-state index is 0.239. The Morgan fingerprint density at radius 2 is 1.90 bits per heavy atom. The number of nitrogens with two attached hydrogens (primary N) is 1. The number of hydrogen-bond donors (Lipinski definition) is 1. The standard InChI is InChI=1S/C16H18FNO2/c1-19-14-7-6-13(15(17)10-14)11-20-9-8-12-4-2-3-5-16(12)18/h2-7,10H,8-9,11,18H2,1H3. The Labute approximate surface area is 118 Å². The summed E-state index contributed by atoms with van der Waals surface area (Å²) in [4.78, 5) is 0. The molecular formula is C16H18FNO2. The molecule has 0 aliphatic heterocycles. The monoisotopic (exact) mass is 275 g/mol. The van der Waals surface area contributed by atoms with Crippen molar-refractivity contribution in [1.29, 1.82) is 0 Å². The van der Waals surface area contributed by atoms with Gasteiger partial charge in [0, 0.05) is 17.3 Å². The van der Waals surface area contributed by atoms with E-state index in [0.717, 1.165) is 11.3 Å². The Kier molecular flexibility index (Phi) is 4.96. The van der Waals surface area contributed by atoms with E-state index in [9.17, 15) is 4.39 Å². The van der Waals surface area contributed by atoms with Crippen LogP contribution >= 0.6 is 0 Å². The van der Waals surface area contributed by atoms with Gasteiger partial charge < -0.3 is 15.2 Å². The van der Waals surface area contributed by atoms with Crippen LogP contribution in [0.1, 0.15) is 11.1 Å². The van der Waals surface area contributed by atoms with Crippen molar-refractivity contribution in [3.05, 3.63) is 59.4 Å². The molecule has 0 saturated carbocycles. The molecule has 0 heterocycles. The molecule has 0 unspecified atom stereocenters. The first-order valence-corrected chi connectivity index (χ1v) is 6.44. The van der Waals surface area contributed by atoms with Gasteiger partial charge in [0.25, 0.3) is 0 Å². The number of ether oxygens (including phenoxy) is 2. The summed E-state index contributed by atoms with van der Waals surface area (Å²) in [5.41, 5.74) is 8.16. The molecule has 0 radical (unpaired) electrons. The van der Waals surface area contributed by atoms with Crippen molar-refractivity contribution in [2.75, 3.05) is 19.5 Å². The van der Waals surface area contributed by atoms with Gasteiger partial charge in [-0.3, -0.25) is 0 Å². The van der Waals surface area contributed by atoms with E-state index in [1.165, 1.54) is 13.2 Å². The second-order valence-electron chi connectivity index (χ2n) is 4.46. The quantitative estimate of drug-likeness (QED) is 0.650. The zero-order valence-corrected chi connectivity index (χ0v) is 11.4. The van der Waals surface area contributed by atoms with E-state index >= 15 is 0 Å². The third-order valence-corrected chi connectivity index (χ3v) is 3.09. The van der Waals surface area contributed by atoms with Gasteiger partial charge in [-0.1, -0.05) is 24.3 Å². The van der Waals surface area contributed by atoms with Gasteiger partial charge in [-0.2, -0.15) is 0 Å². The van der Waals surface area contributed by atoms with Crippen molar-refractivity contribution in [3.63, 3.8) is 0 Å². The second-order valence-corrected chi connectivity index (χ2v) is 4.46. The van der Waals surface area contributed by atoms with Crippen LogP contribution in [0.15, 0.2) is 42.5 Å². The van der Waals surface area contributed by atoms with Crippen LogP contribution in [-0.2, 0) is 17.8 Å². The summed E-state index contributed by atoms with van der Waals surface area (Å²) in [6.07, 6.45) is 0.713. The molecule has 0 aromatic heterocycles. The number of rotatable bonds is 6. The molecule has 0 aliphatic carbocycles. The second kappa shape index (κ2) is 6.91. The molecule has 0 amide bonds. The molecule has 20 heavy (non-hydrogen) atoms. The van der Waals surface area contributed by atoms with Crippen LogP contribution in [0.25, 0.3) is 0 Å². The highest BCUT2D eigenvalue weighted by molar-refractivity contribution is 5.46. The zero-order chi connectivity index (χ0) is 14.4. The Morgan fingerprint density at radius 3 is 2.60 bits per heavy atom. The van der Waals surface area contributed by atoms with Crippen molar-refractivity contribution in [2.45, 2.75) is 13.0 Å². The van der Waals surface area contributed by atoms with Crippen LogP contribution in [0.3, 0.4) is 0 Å². The van der Waals surface area contributed by atoms with E-state index in [2.05, 4.69) is 0 Å². The van der Waals surface area contributed by atoms with Gasteiger partial charge in [-0.15, -0.1) is 0 Å². The van der Waals surface area contributed by atoms with E-state index in [4.69, 9.17) is 15.2 Å². The molecule has 0 spiro atoms. The fourth-order valence-corrected chi connectivity index (χ4v) is 1.90. The summed E-state index contributed by atoms with van der Waals surface area (Å²) < 4.78 is 24.1. The lowest BCUT2D eigenvalue weighted by atomic mass is 10.1. The first-order chi connectivity index (χ1) is 9.70. The molecule has 2 N–H and O–H groups in total. The van der Waals surface area contributed by atoms with Gasteiger partial charge in [0.15, 0.2) is 0 Å². The third kappa shape index (κ3) is 3.71. The molecule has 2 rings (SSSR count). The van der Waals surface area contributed by atoms with E-state index < -0.39 is 0 Å². The number of anilines is 1. The lowest BCUT2D eigenvalue weighted by Gasteiger charge is -2.08. The van der Waals surface area contributed by atoms with E-state index in [1.807, 2.05) is 24.3 Å². The van der Waals surface area contributed by atoms with Gasteiger partial charge >= 0.3 is 0 Å². The number of nitrogen functional groups attached to an aromatic ring is 1. The van der Waals surface area contributed by atoms with Crippen LogP contribution in [0, 0.1) is 5.82 Å². The third-order valence-electron chi connectivity index (χ3n) is 3.09. The van der Waals surface area contributed by atoms with Crippen molar-refractivity contribution in [3.8, 4) is 5.75 Å². The minimum atomic E-state index is -0.316. The Balaban J connectivity index is 1.83. The molecule has 0 fully saturated rings. The molecule has 106 valence electrons. The van der Waals surface area contributed by atoms with Crippen molar-refractivity contribution >= 4 is 5.69 Å². The van der Waals surface area contributed by atoms with Crippen molar-refractivity contribution < 1.29 is 13.9 Å². The SMILES string of the molecule is COc1ccc(COCCc2ccccc2N)c(F)c1. The lowest BCUT2D eigenvalue weighted by molar-refractivity contribution is 0.121. The van der Waals surface area contributed by atoms with Gasteiger partial charge in [-0.25, -0.2) is 4.39 Å². The molecule has 4 heteroatoms. The Bertz CT molecular complexity index is 572. The van der Waals surface area contributed by atoms with Gasteiger partial charge in [0.05, 0.1) is 20.3 Å². The summed E-state index contributed by atoms with van der Waals surface area (Å²) in [5, 5.41) is 0. The maximum Gasteiger partial charge on any atom is 0.132 e. The predicted octanol–water partition coefficient (Wildman–Crippen LogP) is 3.18. The first-order valence-electron chi connectivity index (χ1n) is 6.44. The highest BCUT2D eigenvalue weighted by Gasteiger charge is 2.04. The Hall–Kier alpha value is -2.07.